The van der Waals surface area contributed by atoms with Gasteiger partial charge in [-0.05, 0) is 196 Å². The van der Waals surface area contributed by atoms with Crippen molar-refractivity contribution in [1.82, 2.24) is 93.9 Å². The maximum absolute atomic E-state index is 5.97. The molecule has 1 aliphatic heterocycles. The summed E-state index contributed by atoms with van der Waals surface area (Å²) in [4.78, 5) is 49.6. The lowest BCUT2D eigenvalue weighted by Gasteiger charge is -2.25. The van der Waals surface area contributed by atoms with E-state index in [-0.39, 0.29) is 0 Å². The van der Waals surface area contributed by atoms with E-state index in [9.17, 15) is 0 Å². The molecule has 0 radical (unpaired) electrons. The van der Waals surface area contributed by atoms with Crippen LogP contribution in [0.4, 0.5) is 23.3 Å². The molecule has 16 aromatic rings. The molecule has 24 heteroatoms. The highest BCUT2D eigenvalue weighted by atomic mass is 15.4. The van der Waals surface area contributed by atoms with Crippen LogP contribution in [0, 0.1) is 27.7 Å². The largest absolute Gasteiger partial charge is 0.383 e. The highest BCUT2D eigenvalue weighted by Crippen LogP contribution is 2.38. The Hall–Kier alpha value is -13.9. The molecule has 0 saturated carbocycles. The maximum Gasteiger partial charge on any atom is 0.163 e. The Morgan fingerprint density at radius 2 is 0.556 bits per heavy atom. The Morgan fingerprint density at radius 3 is 0.857 bits per heavy atom. The van der Waals surface area contributed by atoms with Crippen LogP contribution >= 0.6 is 0 Å². The zero-order chi connectivity index (χ0) is 96.1. The molecule has 23 rings (SSSR count). The molecule has 133 heavy (non-hydrogen) atoms. The number of hydrogen-bond donors (Lipinski definition) is 4. The number of nitrogens with two attached hydrogens (primary N) is 4. The van der Waals surface area contributed by atoms with Crippen LogP contribution in [-0.2, 0) is 70.8 Å². The molecule has 10 aromatic heterocycles. The summed E-state index contributed by atoms with van der Waals surface area (Å²) in [6, 6.07) is 58.6. The summed E-state index contributed by atoms with van der Waals surface area (Å²) in [5.74, 6) is 2.06. The number of aromatic nitrogens is 19. The predicted molar refractivity (Wildman–Crippen MR) is 555 cm³/mol. The fourth-order valence-electron chi connectivity index (χ4n) is 16.8. The number of nitrogens with zero attached hydrogens (tertiary/aromatic N) is 20. The minimum atomic E-state index is 0.338. The van der Waals surface area contributed by atoms with Gasteiger partial charge in [0.05, 0.1) is 80.7 Å². The molecule has 8 N–H and O–H groups in total. The third kappa shape index (κ3) is 26.9. The summed E-state index contributed by atoms with van der Waals surface area (Å²) in [7, 11) is 0. The smallest absolute Gasteiger partial charge is 0.163 e. The number of hydrogen-bond acceptors (Lipinski definition) is 20. The van der Waals surface area contributed by atoms with Gasteiger partial charge in [0.25, 0.3) is 0 Å². The monoisotopic (exact) mass is 1790 g/mol. The number of pyridine rings is 1. The Labute approximate surface area is 789 Å². The minimum Gasteiger partial charge on any atom is -0.383 e. The Kier molecular flexibility index (Phi) is 43.5. The van der Waals surface area contributed by atoms with Gasteiger partial charge in [0.2, 0.25) is 0 Å². The van der Waals surface area contributed by atoms with Gasteiger partial charge in [0.15, 0.2) is 22.6 Å². The summed E-state index contributed by atoms with van der Waals surface area (Å²) < 4.78 is 8.16. The molecule has 0 bridgehead atoms. The molecule has 0 fully saturated rings. The van der Waals surface area contributed by atoms with Crippen LogP contribution in [0.15, 0.2) is 231 Å². The van der Waals surface area contributed by atoms with Crippen molar-refractivity contribution in [1.29, 1.82) is 0 Å². The number of allylic oxidation sites excluding steroid dienone is 2. The van der Waals surface area contributed by atoms with Crippen molar-refractivity contribution in [3.8, 4) is 0 Å². The van der Waals surface area contributed by atoms with E-state index in [1.165, 1.54) is 110 Å². The van der Waals surface area contributed by atoms with Crippen LogP contribution in [0.3, 0.4) is 0 Å². The summed E-state index contributed by atoms with van der Waals surface area (Å²) >= 11 is 0. The van der Waals surface area contributed by atoms with E-state index >= 15 is 0 Å². The Balaban J connectivity index is 0.000000188. The number of aliphatic imine (C=N–C) groups is 1. The lowest BCUT2D eigenvalue weighted by Crippen LogP contribution is -2.20. The van der Waals surface area contributed by atoms with Crippen LogP contribution in [-0.4, -0.2) is 100 Å². The molecule has 6 aromatic carbocycles. The molecular formula is C109H142N24. The quantitative estimate of drug-likeness (QED) is 0.127. The van der Waals surface area contributed by atoms with Crippen LogP contribution in [0.2, 0.25) is 0 Å². The van der Waals surface area contributed by atoms with Gasteiger partial charge < -0.3 is 22.9 Å². The van der Waals surface area contributed by atoms with Gasteiger partial charge in [0.1, 0.15) is 54.9 Å². The van der Waals surface area contributed by atoms with Crippen molar-refractivity contribution in [3.05, 3.63) is 327 Å². The van der Waals surface area contributed by atoms with Gasteiger partial charge in [-0.3, -0.25) is 9.98 Å². The van der Waals surface area contributed by atoms with E-state index in [2.05, 4.69) is 244 Å². The number of benzene rings is 6. The van der Waals surface area contributed by atoms with E-state index in [1.54, 1.807) is 18.5 Å². The zero-order valence-corrected chi connectivity index (χ0v) is 82.3. The summed E-state index contributed by atoms with van der Waals surface area (Å²) in [5, 5.41) is 22.3. The molecule has 0 spiro atoms. The van der Waals surface area contributed by atoms with Gasteiger partial charge in [0, 0.05) is 31.2 Å². The molecule has 11 heterocycles. The lowest BCUT2D eigenvalue weighted by atomic mass is 9.88. The molecule has 698 valence electrons. The van der Waals surface area contributed by atoms with Gasteiger partial charge >= 0.3 is 0 Å². The number of nitrogen functional groups attached to an aromatic ring is 4. The first-order valence-electron chi connectivity index (χ1n) is 48.1. The van der Waals surface area contributed by atoms with E-state index in [0.29, 0.717) is 47.4 Å². The number of rotatable bonds is 4. The zero-order valence-electron chi connectivity index (χ0n) is 82.3. The Morgan fingerprint density at radius 1 is 0.271 bits per heavy atom. The molecule has 4 unspecified atom stereocenters. The Bertz CT molecular complexity index is 5560. The highest BCUT2D eigenvalue weighted by molar-refractivity contribution is 5.90. The van der Waals surface area contributed by atoms with E-state index in [4.69, 9.17) is 22.9 Å². The second kappa shape index (κ2) is 55.3. The van der Waals surface area contributed by atoms with E-state index in [1.807, 2.05) is 188 Å². The minimum absolute atomic E-state index is 0.338. The van der Waals surface area contributed by atoms with Crippen molar-refractivity contribution in [2.45, 2.75) is 259 Å². The van der Waals surface area contributed by atoms with Crippen molar-refractivity contribution in [3.63, 3.8) is 0 Å². The first-order valence-corrected chi connectivity index (χ1v) is 48.1. The van der Waals surface area contributed by atoms with Gasteiger partial charge in [-0.2, -0.15) is 20.4 Å². The molecule has 7 aliphatic rings. The molecule has 0 amide bonds. The van der Waals surface area contributed by atoms with Crippen LogP contribution < -0.4 is 22.9 Å². The number of fused-ring (bicyclic) bond motifs is 11. The molecule has 24 nitrogen and oxygen atoms in total. The molecule has 6 aliphatic carbocycles. The van der Waals surface area contributed by atoms with Crippen LogP contribution in [0.25, 0.3) is 56.3 Å². The van der Waals surface area contributed by atoms with Gasteiger partial charge in [-0.25, -0.2) is 68.6 Å². The third-order valence-corrected chi connectivity index (χ3v) is 22.7. The second-order valence-corrected chi connectivity index (χ2v) is 30.1. The number of aryl methyl sites for hydroxylation is 8. The van der Waals surface area contributed by atoms with Crippen molar-refractivity contribution in [2.75, 3.05) is 22.9 Å². The third-order valence-electron chi connectivity index (χ3n) is 22.7. The topological polar surface area (TPSA) is 330 Å². The standard InChI is InChI=1S/4C16H17N5.C9H8.2C8H7N.C4H4N2.8C2H6/c4*1-10-14-15(17)18-9-19-16(14)21(20-10)13-7-6-11-4-2-3-5-12(11)8-13;1-2-5-9-7-3-6-8(9)4-1;1-3-7-4-2-6-9-8(7)5-1;1-2-4-8-6-9-5-7(8)3-1;1-2-5-4-6-3-1;8*1-2/h4*2-5,9,13H,6-8H2,1H3,(H2,17,18,19);1-6H,7H2;1-4,6H,5H2;1-5H,6H2;1-4H;8*1-2H3. The SMILES string of the molecule is C1=Cc2ccccc2C1.C1=Cc2cccnc2C1.C1=NCc2ccccc21.CC.CC.CC.CC.CC.CC.CC.CC.Cc1nn(C2CCc3ccccc3C2)c2ncnc(N)c12.Cc1nn(C2CCc3ccccc3C2)c2ncnc(N)c12.Cc1nn(C2CCc3ccccc3C2)c2ncnc(N)c12.Cc1nn(C2CCc3ccccc3C2)c2ncnc(N)c12.c1cncnc1. The first kappa shape index (κ1) is 104. The van der Waals surface area contributed by atoms with Crippen molar-refractivity contribution >= 4 is 85.8 Å². The van der Waals surface area contributed by atoms with Crippen LogP contribution in [0.1, 0.15) is 261 Å². The van der Waals surface area contributed by atoms with Crippen molar-refractivity contribution < 1.29 is 0 Å². The molecule has 4 atom stereocenters. The fraction of sp³-hybridized carbons (Fsp3) is 0.358. The predicted octanol–water partition coefficient (Wildman–Crippen LogP) is 24.0. The first-order chi connectivity index (χ1) is 65.3. The van der Waals surface area contributed by atoms with Gasteiger partial charge in [-0.1, -0.05) is 287 Å². The summed E-state index contributed by atoms with van der Waals surface area (Å²) in [6.07, 6.45) is 38.1. The van der Waals surface area contributed by atoms with Crippen molar-refractivity contribution in [2.24, 2.45) is 4.99 Å². The average molecular weight is 1790 g/mol. The summed E-state index contributed by atoms with van der Waals surface area (Å²) in [5.41, 5.74) is 50.3. The lowest BCUT2D eigenvalue weighted by molar-refractivity contribution is 0.412. The average Bonchev–Trinajstić information content (AvgIpc) is 1.64. The highest BCUT2D eigenvalue weighted by Gasteiger charge is 2.29. The van der Waals surface area contributed by atoms with E-state index in [0.717, 1.165) is 163 Å². The molecular weight excluding hydrogens is 1650 g/mol. The summed E-state index contributed by atoms with van der Waals surface area (Å²) in [6.45, 7) is 40.7. The number of anilines is 4. The second-order valence-electron chi connectivity index (χ2n) is 30.1. The maximum atomic E-state index is 5.97. The van der Waals surface area contributed by atoms with Crippen LogP contribution in [0.5, 0.6) is 0 Å². The van der Waals surface area contributed by atoms with Gasteiger partial charge in [-0.15, -0.1) is 0 Å². The molecule has 0 saturated heterocycles. The normalized spacial score (nSPS) is 14.8. The fourth-order valence-corrected chi connectivity index (χ4v) is 16.8. The van der Waals surface area contributed by atoms with E-state index < -0.39 is 0 Å².